The van der Waals surface area contributed by atoms with Crippen molar-refractivity contribution in [2.75, 3.05) is 0 Å². The Morgan fingerprint density at radius 1 is 1.29 bits per heavy atom. The van der Waals surface area contributed by atoms with Gasteiger partial charge in [-0.2, -0.15) is 5.10 Å². The first kappa shape index (κ1) is 11.8. The van der Waals surface area contributed by atoms with Crippen LogP contribution in [-0.2, 0) is 4.79 Å². The number of hydrazone groups is 1. The van der Waals surface area contributed by atoms with Crippen LogP contribution in [0.15, 0.2) is 35.4 Å². The van der Waals surface area contributed by atoms with Gasteiger partial charge in [0.25, 0.3) is 0 Å². The van der Waals surface area contributed by atoms with Crippen molar-refractivity contribution < 1.29 is 4.79 Å². The Balaban J connectivity index is 2.24. The number of carbonyl (C=O) groups excluding carboxylic acids is 1. The normalized spacial score (nSPS) is 19.7. The zero-order chi connectivity index (χ0) is 12.5. The molecule has 90 valence electrons. The van der Waals surface area contributed by atoms with E-state index in [0.717, 1.165) is 12.0 Å². The van der Waals surface area contributed by atoms with Crippen molar-refractivity contribution in [3.05, 3.63) is 35.9 Å². The molecule has 3 heteroatoms. The van der Waals surface area contributed by atoms with Crippen molar-refractivity contribution in [1.29, 1.82) is 0 Å². The second-order valence-corrected chi connectivity index (χ2v) is 5.36. The van der Waals surface area contributed by atoms with E-state index in [1.807, 2.05) is 57.3 Å². The fraction of sp³-hybridized carbons (Fsp3) is 0.429. The number of hydrogen-bond acceptors (Lipinski definition) is 2. The van der Waals surface area contributed by atoms with Crippen LogP contribution in [0.3, 0.4) is 0 Å². The minimum Gasteiger partial charge on any atom is -0.272 e. The summed E-state index contributed by atoms with van der Waals surface area (Å²) in [6, 6.07) is 10.1. The van der Waals surface area contributed by atoms with Crippen LogP contribution < -0.4 is 0 Å². The number of hydrogen-bond donors (Lipinski definition) is 0. The van der Waals surface area contributed by atoms with E-state index >= 15 is 0 Å². The van der Waals surface area contributed by atoms with Gasteiger partial charge in [0.2, 0.25) is 5.91 Å². The molecule has 1 atom stereocenters. The van der Waals surface area contributed by atoms with E-state index in [2.05, 4.69) is 5.10 Å². The lowest BCUT2D eigenvalue weighted by molar-refractivity contribution is -0.141. The van der Waals surface area contributed by atoms with Gasteiger partial charge in [-0.15, -0.1) is 0 Å². The smallest absolute Gasteiger partial charge is 0.248 e. The fourth-order valence-electron chi connectivity index (χ4n) is 1.91. The molecule has 0 N–H and O–H groups in total. The van der Waals surface area contributed by atoms with Gasteiger partial charge in [0, 0.05) is 18.1 Å². The molecule has 1 aromatic carbocycles. The van der Waals surface area contributed by atoms with Crippen molar-refractivity contribution in [1.82, 2.24) is 5.01 Å². The SMILES string of the molecule is CC(C)(C)C(=O)N1N=CCC1c1ccccc1. The maximum atomic E-state index is 12.3. The molecular formula is C14H18N2O. The van der Waals surface area contributed by atoms with E-state index < -0.39 is 5.41 Å². The van der Waals surface area contributed by atoms with Crippen molar-refractivity contribution >= 4 is 12.1 Å². The Hall–Kier alpha value is -1.64. The summed E-state index contributed by atoms with van der Waals surface area (Å²) in [6.45, 7) is 5.77. The summed E-state index contributed by atoms with van der Waals surface area (Å²) in [6.07, 6.45) is 2.62. The molecule has 0 spiro atoms. The first-order valence-corrected chi connectivity index (χ1v) is 5.91. The molecule has 1 aromatic rings. The maximum absolute atomic E-state index is 12.3. The highest BCUT2D eigenvalue weighted by Gasteiger charge is 2.34. The molecule has 0 saturated heterocycles. The van der Waals surface area contributed by atoms with Crippen LogP contribution >= 0.6 is 0 Å². The molecule has 0 aliphatic carbocycles. The van der Waals surface area contributed by atoms with Gasteiger partial charge in [0.05, 0.1) is 6.04 Å². The molecule has 1 unspecified atom stereocenters. The molecule has 0 radical (unpaired) electrons. The zero-order valence-corrected chi connectivity index (χ0v) is 10.6. The summed E-state index contributed by atoms with van der Waals surface area (Å²) >= 11 is 0. The topological polar surface area (TPSA) is 32.7 Å². The number of benzene rings is 1. The van der Waals surface area contributed by atoms with Crippen LogP contribution in [-0.4, -0.2) is 17.1 Å². The Morgan fingerprint density at radius 2 is 1.94 bits per heavy atom. The minimum absolute atomic E-state index is 0.0583. The summed E-state index contributed by atoms with van der Waals surface area (Å²) < 4.78 is 0. The van der Waals surface area contributed by atoms with E-state index in [1.165, 1.54) is 0 Å². The van der Waals surface area contributed by atoms with E-state index in [1.54, 1.807) is 5.01 Å². The third-order valence-corrected chi connectivity index (χ3v) is 2.86. The predicted molar refractivity (Wildman–Crippen MR) is 68.6 cm³/mol. The molecule has 0 aromatic heterocycles. The van der Waals surface area contributed by atoms with Crippen molar-refractivity contribution in [2.45, 2.75) is 33.2 Å². The average Bonchev–Trinajstić information content (AvgIpc) is 2.76. The first-order chi connectivity index (χ1) is 8.00. The average molecular weight is 230 g/mol. The van der Waals surface area contributed by atoms with Gasteiger partial charge in [0.15, 0.2) is 0 Å². The van der Waals surface area contributed by atoms with Crippen LogP contribution in [0.25, 0.3) is 0 Å². The van der Waals surface area contributed by atoms with Gasteiger partial charge in [-0.3, -0.25) is 4.79 Å². The highest BCUT2D eigenvalue weighted by molar-refractivity contribution is 5.84. The third kappa shape index (κ3) is 2.38. The van der Waals surface area contributed by atoms with Crippen molar-refractivity contribution in [3.8, 4) is 0 Å². The molecule has 2 rings (SSSR count). The van der Waals surface area contributed by atoms with Gasteiger partial charge < -0.3 is 0 Å². The van der Waals surface area contributed by atoms with Gasteiger partial charge in [-0.1, -0.05) is 51.1 Å². The second kappa shape index (κ2) is 4.32. The predicted octanol–water partition coefficient (Wildman–Crippen LogP) is 2.99. The highest BCUT2D eigenvalue weighted by atomic mass is 16.2. The zero-order valence-electron chi connectivity index (χ0n) is 10.6. The summed E-state index contributed by atoms with van der Waals surface area (Å²) in [4.78, 5) is 12.3. The Morgan fingerprint density at radius 3 is 2.53 bits per heavy atom. The van der Waals surface area contributed by atoms with Crippen molar-refractivity contribution in [3.63, 3.8) is 0 Å². The van der Waals surface area contributed by atoms with Gasteiger partial charge in [-0.05, 0) is 5.56 Å². The second-order valence-electron chi connectivity index (χ2n) is 5.36. The fourth-order valence-corrected chi connectivity index (χ4v) is 1.91. The molecule has 1 heterocycles. The summed E-state index contributed by atoms with van der Waals surface area (Å²) in [7, 11) is 0. The van der Waals surface area contributed by atoms with Gasteiger partial charge >= 0.3 is 0 Å². The lowest BCUT2D eigenvalue weighted by Crippen LogP contribution is -2.36. The van der Waals surface area contributed by atoms with Crippen LogP contribution in [0.2, 0.25) is 0 Å². The first-order valence-electron chi connectivity index (χ1n) is 5.91. The molecule has 1 aliphatic rings. The maximum Gasteiger partial charge on any atom is 0.248 e. The van der Waals surface area contributed by atoms with E-state index in [0.29, 0.717) is 0 Å². The van der Waals surface area contributed by atoms with Crippen LogP contribution in [0.1, 0.15) is 38.8 Å². The van der Waals surface area contributed by atoms with E-state index in [9.17, 15) is 4.79 Å². The Labute approximate surface area is 102 Å². The summed E-state index contributed by atoms with van der Waals surface area (Å²) in [5, 5.41) is 5.84. The van der Waals surface area contributed by atoms with Gasteiger partial charge in [-0.25, -0.2) is 5.01 Å². The molecule has 1 amide bonds. The summed E-state index contributed by atoms with van der Waals surface area (Å²) in [5.41, 5.74) is 0.747. The van der Waals surface area contributed by atoms with Crippen LogP contribution in [0.5, 0.6) is 0 Å². The lowest BCUT2D eigenvalue weighted by atomic mass is 9.94. The monoisotopic (exact) mass is 230 g/mol. The number of carbonyl (C=O) groups is 1. The van der Waals surface area contributed by atoms with Gasteiger partial charge in [0.1, 0.15) is 0 Å². The molecule has 17 heavy (non-hydrogen) atoms. The van der Waals surface area contributed by atoms with Crippen molar-refractivity contribution in [2.24, 2.45) is 10.5 Å². The molecule has 0 bridgehead atoms. The Bertz CT molecular complexity index is 431. The summed E-state index contributed by atoms with van der Waals surface area (Å²) in [5.74, 6) is 0.0695. The standard InChI is InChI=1S/C14H18N2O/c1-14(2,3)13(17)16-12(9-10-15-16)11-7-5-4-6-8-11/h4-8,10,12H,9H2,1-3H3. The quantitative estimate of drug-likeness (QED) is 0.730. The highest BCUT2D eigenvalue weighted by Crippen LogP contribution is 2.31. The van der Waals surface area contributed by atoms with Crippen LogP contribution in [0.4, 0.5) is 0 Å². The largest absolute Gasteiger partial charge is 0.272 e. The number of nitrogens with zero attached hydrogens (tertiary/aromatic N) is 2. The molecule has 1 aliphatic heterocycles. The Kier molecular flexibility index (Phi) is 3.01. The molecule has 3 nitrogen and oxygen atoms in total. The number of rotatable bonds is 1. The molecular weight excluding hydrogens is 212 g/mol. The van der Waals surface area contributed by atoms with Crippen LogP contribution in [0, 0.1) is 5.41 Å². The molecule has 0 saturated carbocycles. The number of amides is 1. The van der Waals surface area contributed by atoms with E-state index in [-0.39, 0.29) is 11.9 Å². The lowest BCUT2D eigenvalue weighted by Gasteiger charge is -2.28. The van der Waals surface area contributed by atoms with E-state index in [4.69, 9.17) is 0 Å². The third-order valence-electron chi connectivity index (χ3n) is 2.86. The molecule has 0 fully saturated rings. The minimum atomic E-state index is -0.394.